The van der Waals surface area contributed by atoms with Crippen LogP contribution in [0.25, 0.3) is 0 Å². The number of thioether (sulfide) groups is 1. The lowest BCUT2D eigenvalue weighted by Gasteiger charge is -2.11. The van der Waals surface area contributed by atoms with Gasteiger partial charge < -0.3 is 5.32 Å². The molecule has 3 rings (SSSR count). The minimum Gasteiger partial charge on any atom is -0.365 e. The van der Waals surface area contributed by atoms with E-state index in [0.717, 1.165) is 34.1 Å². The van der Waals surface area contributed by atoms with Crippen LogP contribution in [0.4, 0.5) is 5.82 Å². The lowest BCUT2D eigenvalue weighted by Crippen LogP contribution is -2.06. The van der Waals surface area contributed by atoms with Gasteiger partial charge in [0.25, 0.3) is 0 Å². The number of hydrogen-bond acceptors (Lipinski definition) is 5. The molecule has 0 fully saturated rings. The molecule has 0 unspecified atom stereocenters. The Bertz CT molecular complexity index is 618. The van der Waals surface area contributed by atoms with Crippen molar-refractivity contribution in [3.63, 3.8) is 0 Å². The first-order valence-electron chi connectivity index (χ1n) is 6.06. The van der Waals surface area contributed by atoms with Crippen LogP contribution in [0, 0.1) is 6.92 Å². The Hall–Kier alpha value is -1.33. The van der Waals surface area contributed by atoms with Crippen molar-refractivity contribution in [2.24, 2.45) is 0 Å². The molecule has 0 bridgehead atoms. The summed E-state index contributed by atoms with van der Waals surface area (Å²) in [4.78, 5) is 13.8. The highest BCUT2D eigenvalue weighted by Crippen LogP contribution is 2.36. The maximum absolute atomic E-state index is 5.96. The smallest absolute Gasteiger partial charge is 0.224 e. The van der Waals surface area contributed by atoms with E-state index in [2.05, 4.69) is 27.2 Å². The standard InChI is InChI=1S/C13H13ClN4S/c1-8-2-4-15-6-9(8)7-16-12-11-10(3-5-19-11)17-13(14)18-12/h2,4,6H,3,5,7H2,1H3,(H,16,17,18). The molecular weight excluding hydrogens is 280 g/mol. The van der Waals surface area contributed by atoms with Crippen LogP contribution in [-0.4, -0.2) is 20.7 Å². The molecule has 98 valence electrons. The van der Waals surface area contributed by atoms with E-state index < -0.39 is 0 Å². The van der Waals surface area contributed by atoms with Gasteiger partial charge in [0.15, 0.2) is 0 Å². The fraction of sp³-hybridized carbons (Fsp3) is 0.308. The third kappa shape index (κ3) is 2.67. The van der Waals surface area contributed by atoms with Gasteiger partial charge in [0.1, 0.15) is 5.82 Å². The number of anilines is 1. The maximum Gasteiger partial charge on any atom is 0.224 e. The van der Waals surface area contributed by atoms with Gasteiger partial charge in [-0.2, -0.15) is 4.98 Å². The highest BCUT2D eigenvalue weighted by Gasteiger charge is 2.19. The highest BCUT2D eigenvalue weighted by atomic mass is 35.5. The van der Waals surface area contributed by atoms with E-state index in [1.807, 2.05) is 12.3 Å². The fourth-order valence-electron chi connectivity index (χ4n) is 2.02. The molecule has 0 saturated carbocycles. The van der Waals surface area contributed by atoms with Crippen LogP contribution in [0.2, 0.25) is 5.28 Å². The quantitative estimate of drug-likeness (QED) is 0.881. The fourth-order valence-corrected chi connectivity index (χ4v) is 3.27. The van der Waals surface area contributed by atoms with Crippen LogP contribution in [-0.2, 0) is 13.0 Å². The Labute approximate surface area is 121 Å². The number of hydrogen-bond donors (Lipinski definition) is 1. The largest absolute Gasteiger partial charge is 0.365 e. The molecule has 0 aliphatic carbocycles. The molecule has 4 nitrogen and oxygen atoms in total. The number of halogens is 1. The SMILES string of the molecule is Cc1ccncc1CNc1nc(Cl)nc2c1SCC2. The zero-order valence-electron chi connectivity index (χ0n) is 10.5. The van der Waals surface area contributed by atoms with Gasteiger partial charge in [0.05, 0.1) is 10.6 Å². The summed E-state index contributed by atoms with van der Waals surface area (Å²) >= 11 is 7.74. The van der Waals surface area contributed by atoms with Crippen molar-refractivity contribution in [1.82, 2.24) is 15.0 Å². The molecule has 2 aromatic heterocycles. The van der Waals surface area contributed by atoms with Crippen LogP contribution < -0.4 is 5.32 Å². The summed E-state index contributed by atoms with van der Waals surface area (Å²) in [6, 6.07) is 2.00. The van der Waals surface area contributed by atoms with Gasteiger partial charge in [-0.1, -0.05) is 0 Å². The first kappa shape index (κ1) is 12.7. The van der Waals surface area contributed by atoms with Crippen LogP contribution >= 0.6 is 23.4 Å². The zero-order chi connectivity index (χ0) is 13.2. The number of pyridine rings is 1. The molecule has 1 aliphatic rings. The minimum atomic E-state index is 0.312. The first-order valence-corrected chi connectivity index (χ1v) is 7.43. The summed E-state index contributed by atoms with van der Waals surface area (Å²) in [5, 5.41) is 3.66. The molecule has 0 atom stereocenters. The second kappa shape index (κ2) is 5.35. The monoisotopic (exact) mass is 292 g/mol. The molecule has 1 N–H and O–H groups in total. The van der Waals surface area contributed by atoms with Gasteiger partial charge in [-0.3, -0.25) is 4.98 Å². The van der Waals surface area contributed by atoms with E-state index in [4.69, 9.17) is 11.6 Å². The Kier molecular flexibility index (Phi) is 3.57. The number of aryl methyl sites for hydroxylation is 2. The van der Waals surface area contributed by atoms with Crippen LogP contribution in [0.3, 0.4) is 0 Å². The van der Waals surface area contributed by atoms with E-state index in [9.17, 15) is 0 Å². The molecule has 19 heavy (non-hydrogen) atoms. The van der Waals surface area contributed by atoms with Gasteiger partial charge >= 0.3 is 0 Å². The molecule has 0 aromatic carbocycles. The second-order valence-corrected chi connectivity index (χ2v) is 5.81. The first-order chi connectivity index (χ1) is 9.24. The van der Waals surface area contributed by atoms with Crippen molar-refractivity contribution in [3.8, 4) is 0 Å². The number of nitrogens with one attached hydrogen (secondary N) is 1. The number of rotatable bonds is 3. The average molecular weight is 293 g/mol. The molecule has 0 radical (unpaired) electrons. The number of aromatic nitrogens is 3. The Morgan fingerprint density at radius 2 is 2.32 bits per heavy atom. The van der Waals surface area contributed by atoms with Crippen molar-refractivity contribution in [1.29, 1.82) is 0 Å². The van der Waals surface area contributed by atoms with Gasteiger partial charge in [-0.05, 0) is 35.7 Å². The van der Waals surface area contributed by atoms with Crippen molar-refractivity contribution in [3.05, 3.63) is 40.6 Å². The average Bonchev–Trinajstić information content (AvgIpc) is 2.85. The minimum absolute atomic E-state index is 0.312. The third-order valence-corrected chi connectivity index (χ3v) is 4.38. The van der Waals surface area contributed by atoms with Gasteiger partial charge in [0.2, 0.25) is 5.28 Å². The lowest BCUT2D eigenvalue weighted by molar-refractivity contribution is 0.957. The van der Waals surface area contributed by atoms with Crippen molar-refractivity contribution in [2.75, 3.05) is 11.1 Å². The summed E-state index contributed by atoms with van der Waals surface area (Å²) < 4.78 is 0. The van der Waals surface area contributed by atoms with E-state index in [1.54, 1.807) is 18.0 Å². The van der Waals surface area contributed by atoms with Crippen molar-refractivity contribution >= 4 is 29.2 Å². The van der Waals surface area contributed by atoms with Crippen LogP contribution in [0.5, 0.6) is 0 Å². The molecule has 1 aliphatic heterocycles. The Balaban J connectivity index is 1.83. The summed E-state index contributed by atoms with van der Waals surface area (Å²) in [6.07, 6.45) is 4.63. The van der Waals surface area contributed by atoms with E-state index in [0.29, 0.717) is 11.8 Å². The Morgan fingerprint density at radius 3 is 3.16 bits per heavy atom. The zero-order valence-corrected chi connectivity index (χ0v) is 12.1. The lowest BCUT2D eigenvalue weighted by atomic mass is 10.1. The van der Waals surface area contributed by atoms with E-state index in [-0.39, 0.29) is 0 Å². The maximum atomic E-state index is 5.96. The predicted molar refractivity (Wildman–Crippen MR) is 77.8 cm³/mol. The summed E-state index contributed by atoms with van der Waals surface area (Å²) in [6.45, 7) is 2.77. The van der Waals surface area contributed by atoms with E-state index in [1.165, 1.54) is 5.56 Å². The third-order valence-electron chi connectivity index (χ3n) is 3.09. The topological polar surface area (TPSA) is 50.7 Å². The highest BCUT2D eigenvalue weighted by molar-refractivity contribution is 7.99. The summed E-state index contributed by atoms with van der Waals surface area (Å²) in [7, 11) is 0. The van der Waals surface area contributed by atoms with Crippen LogP contribution in [0.1, 0.15) is 16.8 Å². The molecule has 6 heteroatoms. The van der Waals surface area contributed by atoms with Crippen molar-refractivity contribution < 1.29 is 0 Å². The molecule has 3 heterocycles. The molecule has 0 amide bonds. The molecular formula is C13H13ClN4S. The number of fused-ring (bicyclic) bond motifs is 1. The van der Waals surface area contributed by atoms with Gasteiger partial charge in [-0.25, -0.2) is 4.98 Å². The van der Waals surface area contributed by atoms with E-state index >= 15 is 0 Å². The predicted octanol–water partition coefficient (Wildman–Crippen LogP) is 3.09. The summed E-state index contributed by atoms with van der Waals surface area (Å²) in [5.41, 5.74) is 3.43. The van der Waals surface area contributed by atoms with Crippen LogP contribution in [0.15, 0.2) is 23.4 Å². The molecule has 0 saturated heterocycles. The van der Waals surface area contributed by atoms with Gasteiger partial charge in [-0.15, -0.1) is 11.8 Å². The normalized spacial score (nSPS) is 13.4. The molecule has 0 spiro atoms. The number of nitrogens with zero attached hydrogens (tertiary/aromatic N) is 3. The molecule has 2 aromatic rings. The van der Waals surface area contributed by atoms with Crippen molar-refractivity contribution in [2.45, 2.75) is 24.8 Å². The summed E-state index contributed by atoms with van der Waals surface area (Å²) in [5.74, 6) is 1.88. The second-order valence-electron chi connectivity index (χ2n) is 4.37. The van der Waals surface area contributed by atoms with Gasteiger partial charge in [0, 0.05) is 31.1 Å². The Morgan fingerprint density at radius 1 is 1.42 bits per heavy atom.